The van der Waals surface area contributed by atoms with E-state index in [4.69, 9.17) is 9.63 Å². The highest BCUT2D eigenvalue weighted by atomic mass is 16.5. The molecule has 0 aliphatic carbocycles. The fourth-order valence-corrected chi connectivity index (χ4v) is 1.60. The fraction of sp³-hybridized carbons (Fsp3) is 0.231. The number of carboxylic acids is 1. The second-order valence-electron chi connectivity index (χ2n) is 3.94. The Morgan fingerprint density at radius 2 is 2.24 bits per heavy atom. The summed E-state index contributed by atoms with van der Waals surface area (Å²) < 4.78 is 5.10. The van der Waals surface area contributed by atoms with Crippen LogP contribution in [0.3, 0.4) is 0 Å². The molecule has 0 saturated carbocycles. The number of nitrogens with zero attached hydrogens (tertiary/aromatic N) is 1. The van der Waals surface area contributed by atoms with E-state index in [-0.39, 0.29) is 6.42 Å². The van der Waals surface area contributed by atoms with Crippen molar-refractivity contribution in [3.8, 4) is 11.3 Å². The highest BCUT2D eigenvalue weighted by Crippen LogP contribution is 2.20. The fourth-order valence-electron chi connectivity index (χ4n) is 1.60. The molecule has 0 spiro atoms. The van der Waals surface area contributed by atoms with E-state index in [2.05, 4.69) is 5.16 Å². The molecule has 0 saturated heterocycles. The average Bonchev–Trinajstić information content (AvgIpc) is 2.75. The van der Waals surface area contributed by atoms with Gasteiger partial charge in [0.15, 0.2) is 0 Å². The van der Waals surface area contributed by atoms with Gasteiger partial charge in [-0.1, -0.05) is 28.9 Å². The molecule has 88 valence electrons. The third kappa shape index (κ3) is 2.93. The van der Waals surface area contributed by atoms with Crippen molar-refractivity contribution in [2.75, 3.05) is 0 Å². The number of aliphatic carboxylic acids is 1. The molecule has 1 aromatic carbocycles. The number of aryl methyl sites for hydroxylation is 2. The van der Waals surface area contributed by atoms with Crippen LogP contribution < -0.4 is 0 Å². The maximum Gasteiger partial charge on any atom is 0.303 e. The van der Waals surface area contributed by atoms with E-state index in [1.807, 2.05) is 31.2 Å². The second kappa shape index (κ2) is 4.82. The van der Waals surface area contributed by atoms with Crippen LogP contribution in [0.2, 0.25) is 0 Å². The van der Waals surface area contributed by atoms with Crippen molar-refractivity contribution in [1.82, 2.24) is 5.16 Å². The van der Waals surface area contributed by atoms with Crippen molar-refractivity contribution < 1.29 is 14.4 Å². The summed E-state index contributed by atoms with van der Waals surface area (Å²) in [7, 11) is 0. The molecule has 0 aliphatic heterocycles. The first-order valence-electron chi connectivity index (χ1n) is 5.39. The number of carbonyl (C=O) groups is 1. The predicted molar refractivity (Wildman–Crippen MR) is 62.6 cm³/mol. The number of carboxylic acid groups (broad SMARTS) is 1. The lowest BCUT2D eigenvalue weighted by molar-refractivity contribution is -0.137. The summed E-state index contributed by atoms with van der Waals surface area (Å²) in [5, 5.41) is 12.5. The molecular weight excluding hydrogens is 218 g/mol. The molecule has 1 N–H and O–H groups in total. The molecule has 1 heterocycles. The molecule has 0 radical (unpaired) electrons. The lowest BCUT2D eigenvalue weighted by atomic mass is 10.1. The van der Waals surface area contributed by atoms with Crippen LogP contribution in [0.4, 0.5) is 0 Å². The zero-order chi connectivity index (χ0) is 12.3. The standard InChI is InChI=1S/C13H13NO3/c1-9-3-2-4-10(7-9)12-8-11(17-14-12)5-6-13(15)16/h2-4,7-8H,5-6H2,1H3,(H,15,16). The Kier molecular flexibility index (Phi) is 3.23. The molecule has 0 unspecified atom stereocenters. The first-order chi connectivity index (χ1) is 8.15. The van der Waals surface area contributed by atoms with Crippen LogP contribution in [0.25, 0.3) is 11.3 Å². The molecule has 0 fully saturated rings. The van der Waals surface area contributed by atoms with Gasteiger partial charge in [0.05, 0.1) is 6.42 Å². The van der Waals surface area contributed by atoms with E-state index < -0.39 is 5.97 Å². The molecule has 0 bridgehead atoms. The smallest absolute Gasteiger partial charge is 0.303 e. The van der Waals surface area contributed by atoms with E-state index in [1.165, 1.54) is 0 Å². The number of aromatic nitrogens is 1. The summed E-state index contributed by atoms with van der Waals surface area (Å²) in [6, 6.07) is 9.72. The van der Waals surface area contributed by atoms with Gasteiger partial charge in [-0.2, -0.15) is 0 Å². The lowest BCUT2D eigenvalue weighted by Gasteiger charge is -1.96. The summed E-state index contributed by atoms with van der Waals surface area (Å²) in [5.74, 6) is -0.234. The summed E-state index contributed by atoms with van der Waals surface area (Å²) in [5.41, 5.74) is 2.88. The largest absolute Gasteiger partial charge is 0.481 e. The summed E-state index contributed by atoms with van der Waals surface area (Å²) in [6.07, 6.45) is 0.427. The first-order valence-corrected chi connectivity index (χ1v) is 5.39. The molecule has 0 aliphatic rings. The van der Waals surface area contributed by atoms with E-state index in [0.717, 1.165) is 16.8 Å². The van der Waals surface area contributed by atoms with Crippen molar-refractivity contribution in [1.29, 1.82) is 0 Å². The van der Waals surface area contributed by atoms with Crippen molar-refractivity contribution in [2.24, 2.45) is 0 Å². The van der Waals surface area contributed by atoms with Gasteiger partial charge in [0.1, 0.15) is 11.5 Å². The van der Waals surface area contributed by atoms with E-state index in [0.29, 0.717) is 12.2 Å². The monoisotopic (exact) mass is 231 g/mol. The van der Waals surface area contributed by atoms with Crippen LogP contribution in [-0.2, 0) is 11.2 Å². The quantitative estimate of drug-likeness (QED) is 0.878. The molecular formula is C13H13NO3. The second-order valence-corrected chi connectivity index (χ2v) is 3.94. The minimum Gasteiger partial charge on any atom is -0.481 e. The summed E-state index contributed by atoms with van der Waals surface area (Å²) in [4.78, 5) is 10.4. The van der Waals surface area contributed by atoms with Gasteiger partial charge in [-0.15, -0.1) is 0 Å². The van der Waals surface area contributed by atoms with Gasteiger partial charge in [-0.05, 0) is 13.0 Å². The molecule has 4 heteroatoms. The Morgan fingerprint density at radius 1 is 1.41 bits per heavy atom. The Bertz CT molecular complexity index is 531. The number of rotatable bonds is 4. The summed E-state index contributed by atoms with van der Waals surface area (Å²) in [6.45, 7) is 2.01. The maximum absolute atomic E-state index is 10.4. The topological polar surface area (TPSA) is 63.3 Å². The predicted octanol–water partition coefficient (Wildman–Crippen LogP) is 2.67. The third-order valence-electron chi connectivity index (χ3n) is 2.46. The molecule has 4 nitrogen and oxygen atoms in total. The Hall–Kier alpha value is -2.10. The van der Waals surface area contributed by atoms with Crippen molar-refractivity contribution in [3.63, 3.8) is 0 Å². The van der Waals surface area contributed by atoms with Gasteiger partial charge in [0.2, 0.25) is 0 Å². The minimum absolute atomic E-state index is 0.0580. The van der Waals surface area contributed by atoms with Gasteiger partial charge in [-0.3, -0.25) is 4.79 Å². The van der Waals surface area contributed by atoms with Crippen LogP contribution in [-0.4, -0.2) is 16.2 Å². The Labute approximate surface area is 98.9 Å². The molecule has 1 aromatic heterocycles. The minimum atomic E-state index is -0.835. The van der Waals surface area contributed by atoms with Crippen LogP contribution in [0.5, 0.6) is 0 Å². The van der Waals surface area contributed by atoms with E-state index >= 15 is 0 Å². The Morgan fingerprint density at radius 3 is 2.94 bits per heavy atom. The lowest BCUT2D eigenvalue weighted by Crippen LogP contribution is -1.96. The van der Waals surface area contributed by atoms with Gasteiger partial charge in [0, 0.05) is 18.1 Å². The van der Waals surface area contributed by atoms with E-state index in [1.54, 1.807) is 6.07 Å². The summed E-state index contributed by atoms with van der Waals surface area (Å²) >= 11 is 0. The van der Waals surface area contributed by atoms with Crippen molar-refractivity contribution in [3.05, 3.63) is 41.7 Å². The van der Waals surface area contributed by atoms with Gasteiger partial charge in [0.25, 0.3) is 0 Å². The van der Waals surface area contributed by atoms with Gasteiger partial charge in [-0.25, -0.2) is 0 Å². The third-order valence-corrected chi connectivity index (χ3v) is 2.46. The molecule has 0 atom stereocenters. The average molecular weight is 231 g/mol. The van der Waals surface area contributed by atoms with Crippen LogP contribution in [0, 0.1) is 6.92 Å². The highest BCUT2D eigenvalue weighted by Gasteiger charge is 2.08. The number of hydrogen-bond acceptors (Lipinski definition) is 3. The Balaban J connectivity index is 2.15. The van der Waals surface area contributed by atoms with E-state index in [9.17, 15) is 4.79 Å². The highest BCUT2D eigenvalue weighted by molar-refractivity contribution is 5.67. The zero-order valence-electron chi connectivity index (χ0n) is 9.51. The van der Waals surface area contributed by atoms with Gasteiger partial charge >= 0.3 is 5.97 Å². The molecule has 17 heavy (non-hydrogen) atoms. The van der Waals surface area contributed by atoms with Gasteiger partial charge < -0.3 is 9.63 Å². The number of hydrogen-bond donors (Lipinski definition) is 1. The number of benzene rings is 1. The maximum atomic E-state index is 10.4. The van der Waals surface area contributed by atoms with Crippen molar-refractivity contribution in [2.45, 2.75) is 19.8 Å². The molecule has 2 rings (SSSR count). The zero-order valence-corrected chi connectivity index (χ0v) is 9.51. The van der Waals surface area contributed by atoms with Crippen LogP contribution in [0.1, 0.15) is 17.7 Å². The molecule has 2 aromatic rings. The molecule has 0 amide bonds. The van der Waals surface area contributed by atoms with Crippen LogP contribution in [0.15, 0.2) is 34.9 Å². The normalized spacial score (nSPS) is 10.4. The van der Waals surface area contributed by atoms with Crippen molar-refractivity contribution >= 4 is 5.97 Å². The van der Waals surface area contributed by atoms with Crippen LogP contribution >= 0.6 is 0 Å². The SMILES string of the molecule is Cc1cccc(-c2cc(CCC(=O)O)on2)c1. The first kappa shape index (κ1) is 11.4.